The molecule has 0 spiro atoms. The predicted molar refractivity (Wildman–Crippen MR) is 55.8 cm³/mol. The van der Waals surface area contributed by atoms with Crippen LogP contribution in [0.15, 0.2) is 29.2 Å². The molecular formula is C11H8N2O2. The molecule has 15 heavy (non-hydrogen) atoms. The van der Waals surface area contributed by atoms with Gasteiger partial charge in [-0.3, -0.25) is 4.79 Å². The monoisotopic (exact) mass is 200 g/mol. The molecular weight excluding hydrogens is 192 g/mol. The van der Waals surface area contributed by atoms with Crippen molar-refractivity contribution in [2.75, 3.05) is 7.11 Å². The van der Waals surface area contributed by atoms with Crippen LogP contribution in [0, 0.1) is 11.3 Å². The Morgan fingerprint density at radius 2 is 2.20 bits per heavy atom. The molecule has 4 nitrogen and oxygen atoms in total. The quantitative estimate of drug-likeness (QED) is 0.756. The molecule has 1 heterocycles. The van der Waals surface area contributed by atoms with E-state index in [1.54, 1.807) is 25.3 Å². The van der Waals surface area contributed by atoms with E-state index >= 15 is 0 Å². The summed E-state index contributed by atoms with van der Waals surface area (Å²) in [5.41, 5.74) is 0.232. The van der Waals surface area contributed by atoms with Crippen LogP contribution < -0.4 is 10.3 Å². The number of nitriles is 1. The largest absolute Gasteiger partial charge is 0.497 e. The van der Waals surface area contributed by atoms with Crippen molar-refractivity contribution < 1.29 is 4.74 Å². The van der Waals surface area contributed by atoms with Crippen molar-refractivity contribution in [1.29, 1.82) is 5.26 Å². The lowest BCUT2D eigenvalue weighted by atomic mass is 10.1. The summed E-state index contributed by atoms with van der Waals surface area (Å²) in [4.78, 5) is 14.0. The lowest BCUT2D eigenvalue weighted by Gasteiger charge is -2.02. The molecule has 0 aliphatic heterocycles. The van der Waals surface area contributed by atoms with Gasteiger partial charge in [0.2, 0.25) is 0 Å². The van der Waals surface area contributed by atoms with Gasteiger partial charge in [-0.05, 0) is 18.2 Å². The third-order valence-electron chi connectivity index (χ3n) is 2.23. The fraction of sp³-hybridized carbons (Fsp3) is 0.0909. The number of pyridine rings is 1. The molecule has 1 aromatic carbocycles. The number of nitrogens with one attached hydrogen (secondary N) is 1. The second kappa shape index (κ2) is 3.46. The van der Waals surface area contributed by atoms with E-state index in [0.717, 1.165) is 0 Å². The van der Waals surface area contributed by atoms with Crippen LogP contribution in [0.5, 0.6) is 5.75 Å². The van der Waals surface area contributed by atoms with Gasteiger partial charge in [-0.15, -0.1) is 0 Å². The van der Waals surface area contributed by atoms with Gasteiger partial charge < -0.3 is 9.72 Å². The highest BCUT2D eigenvalue weighted by Gasteiger charge is 2.05. The van der Waals surface area contributed by atoms with Crippen LogP contribution >= 0.6 is 0 Å². The number of H-pyrrole nitrogens is 1. The molecule has 0 aliphatic carbocycles. The highest BCUT2D eigenvalue weighted by atomic mass is 16.5. The summed E-state index contributed by atoms with van der Waals surface area (Å²) >= 11 is 0. The summed E-state index contributed by atoms with van der Waals surface area (Å²) in [6, 6.07) is 7.05. The highest BCUT2D eigenvalue weighted by Crippen LogP contribution is 2.20. The fourth-order valence-corrected chi connectivity index (χ4v) is 1.46. The molecule has 0 fully saturated rings. The van der Waals surface area contributed by atoms with E-state index in [1.807, 2.05) is 6.07 Å². The first-order chi connectivity index (χ1) is 7.26. The van der Waals surface area contributed by atoms with Gasteiger partial charge in [0, 0.05) is 17.0 Å². The molecule has 0 saturated carbocycles. The Morgan fingerprint density at radius 1 is 1.40 bits per heavy atom. The van der Waals surface area contributed by atoms with Crippen LogP contribution in [0.3, 0.4) is 0 Å². The lowest BCUT2D eigenvalue weighted by molar-refractivity contribution is 0.415. The van der Waals surface area contributed by atoms with E-state index in [1.165, 1.54) is 6.20 Å². The van der Waals surface area contributed by atoms with Crippen LogP contribution in [0.2, 0.25) is 0 Å². The number of benzene rings is 1. The molecule has 0 saturated heterocycles. The summed E-state index contributed by atoms with van der Waals surface area (Å²) in [7, 11) is 1.54. The average molecular weight is 200 g/mol. The van der Waals surface area contributed by atoms with Gasteiger partial charge in [0.1, 0.15) is 11.8 Å². The third-order valence-corrected chi connectivity index (χ3v) is 2.23. The Labute approximate surface area is 85.7 Å². The summed E-state index contributed by atoms with van der Waals surface area (Å²) in [5.74, 6) is 0.629. The molecule has 0 radical (unpaired) electrons. The highest BCUT2D eigenvalue weighted by molar-refractivity contribution is 5.87. The standard InChI is InChI=1S/C11H8N2O2/c1-15-8-2-3-9-10(4-8)7(5-12)6-13-11(9)14/h2-4,6H,1H3,(H,13,14). The first-order valence-corrected chi connectivity index (χ1v) is 4.36. The summed E-state index contributed by atoms with van der Waals surface area (Å²) < 4.78 is 5.04. The van der Waals surface area contributed by atoms with Crippen molar-refractivity contribution in [3.63, 3.8) is 0 Å². The van der Waals surface area contributed by atoms with Crippen LogP contribution in [0.4, 0.5) is 0 Å². The van der Waals surface area contributed by atoms with Gasteiger partial charge in [-0.25, -0.2) is 0 Å². The molecule has 0 amide bonds. The number of ether oxygens (including phenoxy) is 1. The van der Waals surface area contributed by atoms with Gasteiger partial charge in [0.15, 0.2) is 0 Å². The molecule has 0 atom stereocenters. The first kappa shape index (κ1) is 9.28. The van der Waals surface area contributed by atoms with Crippen molar-refractivity contribution in [2.24, 2.45) is 0 Å². The summed E-state index contributed by atoms with van der Waals surface area (Å²) in [6.07, 6.45) is 1.41. The van der Waals surface area contributed by atoms with Gasteiger partial charge in [-0.1, -0.05) is 0 Å². The average Bonchev–Trinajstić information content (AvgIpc) is 2.29. The Balaban J connectivity index is 2.90. The van der Waals surface area contributed by atoms with Gasteiger partial charge in [-0.2, -0.15) is 5.26 Å². The maximum atomic E-state index is 11.4. The van der Waals surface area contributed by atoms with Crippen LogP contribution in [0.25, 0.3) is 10.8 Å². The maximum Gasteiger partial charge on any atom is 0.255 e. The number of rotatable bonds is 1. The van der Waals surface area contributed by atoms with Crippen LogP contribution in [-0.4, -0.2) is 12.1 Å². The number of hydrogen-bond donors (Lipinski definition) is 1. The number of hydrogen-bond acceptors (Lipinski definition) is 3. The van der Waals surface area contributed by atoms with Crippen molar-refractivity contribution in [1.82, 2.24) is 4.98 Å². The lowest BCUT2D eigenvalue weighted by Crippen LogP contribution is -2.06. The Bertz CT molecular complexity index is 608. The van der Waals surface area contributed by atoms with E-state index in [2.05, 4.69) is 4.98 Å². The van der Waals surface area contributed by atoms with Gasteiger partial charge >= 0.3 is 0 Å². The third kappa shape index (κ3) is 1.44. The topological polar surface area (TPSA) is 65.9 Å². The minimum atomic E-state index is -0.202. The molecule has 2 rings (SSSR count). The molecule has 0 unspecified atom stereocenters. The maximum absolute atomic E-state index is 11.4. The molecule has 4 heteroatoms. The van der Waals surface area contributed by atoms with Crippen molar-refractivity contribution in [3.05, 3.63) is 40.3 Å². The smallest absolute Gasteiger partial charge is 0.255 e. The fourth-order valence-electron chi connectivity index (χ4n) is 1.46. The number of aromatic nitrogens is 1. The molecule has 2 aromatic rings. The molecule has 0 aliphatic rings. The zero-order chi connectivity index (χ0) is 10.8. The van der Waals surface area contributed by atoms with Gasteiger partial charge in [0.05, 0.1) is 12.7 Å². The first-order valence-electron chi connectivity index (χ1n) is 4.36. The van der Waals surface area contributed by atoms with Gasteiger partial charge in [0.25, 0.3) is 5.56 Å². The molecule has 74 valence electrons. The van der Waals surface area contributed by atoms with Crippen molar-refractivity contribution in [3.8, 4) is 11.8 Å². The molecule has 0 bridgehead atoms. The predicted octanol–water partition coefficient (Wildman–Crippen LogP) is 1.41. The molecule has 1 N–H and O–H groups in total. The minimum absolute atomic E-state index is 0.202. The van der Waals surface area contributed by atoms with Crippen LogP contribution in [0.1, 0.15) is 5.56 Å². The zero-order valence-electron chi connectivity index (χ0n) is 8.07. The van der Waals surface area contributed by atoms with Crippen molar-refractivity contribution >= 4 is 10.8 Å². The van der Waals surface area contributed by atoms with E-state index in [9.17, 15) is 4.79 Å². The zero-order valence-corrected chi connectivity index (χ0v) is 8.07. The molecule has 1 aromatic heterocycles. The van der Waals surface area contributed by atoms with Crippen LogP contribution in [-0.2, 0) is 0 Å². The second-order valence-electron chi connectivity index (χ2n) is 3.05. The number of nitrogens with zero attached hydrogens (tertiary/aromatic N) is 1. The van der Waals surface area contributed by atoms with Crippen molar-refractivity contribution in [2.45, 2.75) is 0 Å². The number of fused-ring (bicyclic) bond motifs is 1. The minimum Gasteiger partial charge on any atom is -0.497 e. The van der Waals surface area contributed by atoms with E-state index in [4.69, 9.17) is 10.00 Å². The van der Waals surface area contributed by atoms with E-state index < -0.39 is 0 Å². The van der Waals surface area contributed by atoms with E-state index in [0.29, 0.717) is 22.1 Å². The Hall–Kier alpha value is -2.28. The number of methoxy groups -OCH3 is 1. The SMILES string of the molecule is COc1ccc2c(=O)[nH]cc(C#N)c2c1. The Kier molecular flexibility index (Phi) is 2.14. The van der Waals surface area contributed by atoms with E-state index in [-0.39, 0.29) is 5.56 Å². The second-order valence-corrected chi connectivity index (χ2v) is 3.05. The summed E-state index contributed by atoms with van der Waals surface area (Å²) in [5, 5.41) is 9.98. The summed E-state index contributed by atoms with van der Waals surface area (Å²) in [6.45, 7) is 0. The normalized spacial score (nSPS) is 9.87. The number of aromatic amines is 1. The Morgan fingerprint density at radius 3 is 2.87 bits per heavy atom.